The Morgan fingerprint density at radius 2 is 2.00 bits per heavy atom. The molecule has 6 heteroatoms. The van der Waals surface area contributed by atoms with Crippen LogP contribution in [0.5, 0.6) is 0 Å². The predicted octanol–water partition coefficient (Wildman–Crippen LogP) is 5.50. The second-order valence-electron chi connectivity index (χ2n) is 5.98. The minimum absolute atomic E-state index is 0.0261. The third kappa shape index (κ3) is 3.62. The van der Waals surface area contributed by atoms with Crippen molar-refractivity contribution in [2.45, 2.75) is 50.0 Å². The predicted molar refractivity (Wildman–Crippen MR) is 97.6 cm³/mol. The summed E-state index contributed by atoms with van der Waals surface area (Å²) in [6.45, 7) is 8.85. The van der Waals surface area contributed by atoms with Crippen molar-refractivity contribution in [1.82, 2.24) is 9.97 Å². The lowest BCUT2D eigenvalue weighted by Gasteiger charge is -2.30. The molecule has 1 N–H and O–H groups in total. The molecule has 1 saturated heterocycles. The molecule has 1 fully saturated rings. The van der Waals surface area contributed by atoms with Crippen LogP contribution in [0.15, 0.2) is 4.47 Å². The number of rotatable bonds is 2. The molecule has 2 heterocycles. The SMILES string of the molecule is CCC1SCCSC1c1nc(=S)c(Br)c(C(C)(C)C)[nH]1. The molecule has 0 spiro atoms. The molecule has 0 saturated carbocycles. The van der Waals surface area contributed by atoms with Crippen LogP contribution >= 0.6 is 51.7 Å². The van der Waals surface area contributed by atoms with Crippen molar-refractivity contribution >= 4 is 51.7 Å². The molecule has 1 aromatic heterocycles. The van der Waals surface area contributed by atoms with Crippen LogP contribution in [0.25, 0.3) is 0 Å². The van der Waals surface area contributed by atoms with Gasteiger partial charge in [-0.2, -0.15) is 11.8 Å². The van der Waals surface area contributed by atoms with E-state index >= 15 is 0 Å². The molecule has 1 aromatic rings. The highest BCUT2D eigenvalue weighted by Crippen LogP contribution is 2.43. The quantitative estimate of drug-likeness (QED) is 0.672. The second kappa shape index (κ2) is 6.71. The first-order valence-electron chi connectivity index (χ1n) is 6.88. The minimum Gasteiger partial charge on any atom is -0.345 e. The highest BCUT2D eigenvalue weighted by molar-refractivity contribution is 9.10. The summed E-state index contributed by atoms with van der Waals surface area (Å²) in [5.74, 6) is 3.48. The minimum atomic E-state index is 0.0261. The molecular formula is C14H21BrN2S3. The molecule has 0 amide bonds. The summed E-state index contributed by atoms with van der Waals surface area (Å²) in [5, 5.41) is 1.05. The van der Waals surface area contributed by atoms with Crippen molar-refractivity contribution in [1.29, 1.82) is 0 Å². The largest absolute Gasteiger partial charge is 0.345 e. The Kier molecular flexibility index (Phi) is 5.65. The summed E-state index contributed by atoms with van der Waals surface area (Å²) in [5.41, 5.74) is 1.18. The lowest BCUT2D eigenvalue weighted by atomic mass is 9.92. The van der Waals surface area contributed by atoms with Gasteiger partial charge in [0, 0.05) is 27.9 Å². The van der Waals surface area contributed by atoms with Gasteiger partial charge < -0.3 is 4.98 Å². The zero-order valence-corrected chi connectivity index (χ0v) is 16.4. The van der Waals surface area contributed by atoms with E-state index in [-0.39, 0.29) is 5.41 Å². The molecular weight excluding hydrogens is 372 g/mol. The highest BCUT2D eigenvalue weighted by Gasteiger charge is 2.30. The second-order valence-corrected chi connectivity index (χ2v) is 9.75. The molecule has 2 rings (SSSR count). The molecule has 0 aliphatic carbocycles. The van der Waals surface area contributed by atoms with E-state index in [9.17, 15) is 0 Å². The Hall–Kier alpha value is 0.480. The van der Waals surface area contributed by atoms with Gasteiger partial charge in [-0.25, -0.2) is 4.98 Å². The smallest absolute Gasteiger partial charge is 0.144 e. The monoisotopic (exact) mass is 392 g/mol. The maximum absolute atomic E-state index is 5.45. The molecule has 1 aliphatic heterocycles. The number of aromatic nitrogens is 2. The maximum atomic E-state index is 5.45. The van der Waals surface area contributed by atoms with Crippen molar-refractivity contribution in [2.75, 3.05) is 11.5 Å². The first kappa shape index (κ1) is 16.8. The van der Waals surface area contributed by atoms with Crippen molar-refractivity contribution in [3.63, 3.8) is 0 Å². The highest BCUT2D eigenvalue weighted by atomic mass is 79.9. The van der Waals surface area contributed by atoms with Crippen LogP contribution in [-0.4, -0.2) is 26.7 Å². The lowest BCUT2D eigenvalue weighted by Crippen LogP contribution is -2.23. The first-order valence-corrected chi connectivity index (χ1v) is 10.2. The van der Waals surface area contributed by atoms with Gasteiger partial charge in [0.05, 0.1) is 9.72 Å². The fourth-order valence-electron chi connectivity index (χ4n) is 2.28. The van der Waals surface area contributed by atoms with Crippen LogP contribution in [0, 0.1) is 4.64 Å². The number of hydrogen-bond donors (Lipinski definition) is 1. The van der Waals surface area contributed by atoms with E-state index in [1.54, 1.807) is 0 Å². The summed E-state index contributed by atoms with van der Waals surface area (Å²) in [6, 6.07) is 0. The van der Waals surface area contributed by atoms with E-state index in [1.807, 2.05) is 11.8 Å². The Balaban J connectivity index is 2.47. The zero-order valence-electron chi connectivity index (χ0n) is 12.3. The average Bonchev–Trinajstić information content (AvgIpc) is 2.40. The van der Waals surface area contributed by atoms with E-state index in [4.69, 9.17) is 12.2 Å². The van der Waals surface area contributed by atoms with E-state index in [0.29, 0.717) is 15.1 Å². The van der Waals surface area contributed by atoms with E-state index < -0.39 is 0 Å². The Morgan fingerprint density at radius 1 is 1.35 bits per heavy atom. The van der Waals surface area contributed by atoms with Gasteiger partial charge >= 0.3 is 0 Å². The van der Waals surface area contributed by atoms with Gasteiger partial charge in [0.15, 0.2) is 0 Å². The molecule has 0 aromatic carbocycles. The number of hydrogen-bond acceptors (Lipinski definition) is 4. The molecule has 2 atom stereocenters. The molecule has 1 aliphatic rings. The van der Waals surface area contributed by atoms with Crippen molar-refractivity contribution in [3.05, 3.63) is 20.6 Å². The molecule has 2 nitrogen and oxygen atoms in total. The Labute approximate surface area is 143 Å². The number of thioether (sulfide) groups is 2. The number of aromatic amines is 1. The van der Waals surface area contributed by atoms with Crippen LogP contribution in [0.4, 0.5) is 0 Å². The Bertz CT molecular complexity index is 536. The first-order chi connectivity index (χ1) is 9.34. The summed E-state index contributed by atoms with van der Waals surface area (Å²) in [6.07, 6.45) is 1.17. The Morgan fingerprint density at radius 3 is 2.60 bits per heavy atom. The molecule has 2 unspecified atom stereocenters. The van der Waals surface area contributed by atoms with E-state index in [1.165, 1.54) is 17.9 Å². The van der Waals surface area contributed by atoms with Crippen LogP contribution in [0.3, 0.4) is 0 Å². The van der Waals surface area contributed by atoms with Gasteiger partial charge in [-0.05, 0) is 22.4 Å². The molecule has 0 radical (unpaired) electrons. The zero-order chi connectivity index (χ0) is 14.9. The number of nitrogens with zero attached hydrogens (tertiary/aromatic N) is 1. The lowest BCUT2D eigenvalue weighted by molar-refractivity contribution is 0.555. The van der Waals surface area contributed by atoms with Crippen LogP contribution < -0.4 is 0 Å². The summed E-state index contributed by atoms with van der Waals surface area (Å²) >= 11 is 13.1. The van der Waals surface area contributed by atoms with E-state index in [2.05, 4.69) is 65.4 Å². The number of halogens is 1. The van der Waals surface area contributed by atoms with Gasteiger partial charge in [0.1, 0.15) is 10.5 Å². The van der Waals surface area contributed by atoms with Gasteiger partial charge in [0.2, 0.25) is 0 Å². The van der Waals surface area contributed by atoms with Crippen LogP contribution in [0.1, 0.15) is 50.9 Å². The number of nitrogens with one attached hydrogen (secondary N) is 1. The average molecular weight is 393 g/mol. The van der Waals surface area contributed by atoms with Crippen molar-refractivity contribution in [3.8, 4) is 0 Å². The van der Waals surface area contributed by atoms with Crippen LogP contribution in [-0.2, 0) is 5.41 Å². The molecule has 0 bridgehead atoms. The normalized spacial score (nSPS) is 23.9. The number of H-pyrrole nitrogens is 1. The fourth-order valence-corrected chi connectivity index (χ4v) is 6.28. The third-order valence-corrected chi connectivity index (χ3v) is 7.94. The summed E-state index contributed by atoms with van der Waals surface area (Å²) in [7, 11) is 0. The summed E-state index contributed by atoms with van der Waals surface area (Å²) in [4.78, 5) is 8.22. The molecule has 112 valence electrons. The molecule has 20 heavy (non-hydrogen) atoms. The van der Waals surface area contributed by atoms with Gasteiger partial charge in [-0.1, -0.05) is 39.9 Å². The summed E-state index contributed by atoms with van der Waals surface area (Å²) < 4.78 is 1.61. The van der Waals surface area contributed by atoms with Crippen LogP contribution in [0.2, 0.25) is 0 Å². The van der Waals surface area contributed by atoms with Gasteiger partial charge in [0.25, 0.3) is 0 Å². The van der Waals surface area contributed by atoms with E-state index in [0.717, 1.165) is 16.0 Å². The maximum Gasteiger partial charge on any atom is 0.144 e. The topological polar surface area (TPSA) is 28.7 Å². The fraction of sp³-hybridized carbons (Fsp3) is 0.714. The third-order valence-electron chi connectivity index (χ3n) is 3.35. The van der Waals surface area contributed by atoms with Crippen molar-refractivity contribution < 1.29 is 0 Å². The van der Waals surface area contributed by atoms with Gasteiger partial charge in [-0.15, -0.1) is 11.8 Å². The van der Waals surface area contributed by atoms with Crippen molar-refractivity contribution in [2.24, 2.45) is 0 Å². The van der Waals surface area contributed by atoms with Gasteiger partial charge in [-0.3, -0.25) is 0 Å². The standard InChI is InChI=1S/C14H21BrN2S3/c1-5-8-10(20-7-6-19-8)12-16-11(14(2,3)4)9(15)13(18)17-12/h8,10H,5-7H2,1-4H3,(H,16,17,18).